The monoisotopic (exact) mass is 272 g/mol. The molecular formula is C15H20N4O. The van der Waals surface area contributed by atoms with Gasteiger partial charge in [-0.25, -0.2) is 4.98 Å². The van der Waals surface area contributed by atoms with Crippen molar-refractivity contribution in [3.05, 3.63) is 47.3 Å². The number of rotatable bonds is 4. The number of hydrogen-bond donors (Lipinski definition) is 1. The Balaban J connectivity index is 2.00. The normalized spacial score (nSPS) is 12.2. The van der Waals surface area contributed by atoms with Crippen molar-refractivity contribution >= 4 is 5.91 Å². The number of nitrogens with one attached hydrogen (secondary N) is 1. The van der Waals surface area contributed by atoms with Crippen LogP contribution in [0.25, 0.3) is 0 Å². The van der Waals surface area contributed by atoms with E-state index in [0.717, 1.165) is 22.6 Å². The van der Waals surface area contributed by atoms with Crippen molar-refractivity contribution in [2.45, 2.75) is 40.3 Å². The molecule has 1 amide bonds. The van der Waals surface area contributed by atoms with E-state index >= 15 is 0 Å². The van der Waals surface area contributed by atoms with Gasteiger partial charge in [-0.3, -0.25) is 9.78 Å². The number of aromatic nitrogens is 3. The van der Waals surface area contributed by atoms with Crippen molar-refractivity contribution in [2.24, 2.45) is 0 Å². The van der Waals surface area contributed by atoms with Crippen LogP contribution in [0.3, 0.4) is 0 Å². The van der Waals surface area contributed by atoms with Gasteiger partial charge in [-0.1, -0.05) is 0 Å². The topological polar surface area (TPSA) is 59.8 Å². The van der Waals surface area contributed by atoms with Crippen LogP contribution in [-0.2, 0) is 11.3 Å². The summed E-state index contributed by atoms with van der Waals surface area (Å²) in [4.78, 5) is 20.6. The van der Waals surface area contributed by atoms with Crippen LogP contribution < -0.4 is 5.32 Å². The molecule has 0 aliphatic carbocycles. The first-order valence-corrected chi connectivity index (χ1v) is 6.68. The average Bonchev–Trinajstić information content (AvgIpc) is 2.82. The zero-order chi connectivity index (χ0) is 14.7. The molecule has 0 aromatic carbocycles. The van der Waals surface area contributed by atoms with Gasteiger partial charge in [0.2, 0.25) is 5.91 Å². The van der Waals surface area contributed by atoms with Crippen LogP contribution >= 0.6 is 0 Å². The van der Waals surface area contributed by atoms with Gasteiger partial charge in [0.1, 0.15) is 11.9 Å². The maximum Gasteiger partial charge on any atom is 0.243 e. The lowest BCUT2D eigenvalue weighted by Gasteiger charge is -2.15. The summed E-state index contributed by atoms with van der Waals surface area (Å²) in [6.45, 7) is 8.23. The Morgan fingerprint density at radius 3 is 2.70 bits per heavy atom. The maximum atomic E-state index is 12.2. The molecule has 0 saturated heterocycles. The molecule has 0 spiro atoms. The zero-order valence-corrected chi connectivity index (χ0v) is 12.3. The van der Waals surface area contributed by atoms with Crippen LogP contribution in [0.2, 0.25) is 0 Å². The van der Waals surface area contributed by atoms with Gasteiger partial charge in [-0.2, -0.15) is 0 Å². The van der Waals surface area contributed by atoms with E-state index in [2.05, 4.69) is 15.3 Å². The Labute approximate surface area is 119 Å². The number of amides is 1. The van der Waals surface area contributed by atoms with E-state index in [1.165, 1.54) is 0 Å². The van der Waals surface area contributed by atoms with Crippen molar-refractivity contribution in [1.82, 2.24) is 19.9 Å². The van der Waals surface area contributed by atoms with Crippen LogP contribution in [-0.4, -0.2) is 20.4 Å². The third-order valence-electron chi connectivity index (χ3n) is 3.47. The number of aryl methyl sites for hydroxylation is 3. The molecule has 0 radical (unpaired) electrons. The van der Waals surface area contributed by atoms with E-state index in [9.17, 15) is 4.79 Å². The molecule has 2 aromatic heterocycles. The molecule has 2 heterocycles. The van der Waals surface area contributed by atoms with E-state index in [0.29, 0.717) is 6.54 Å². The number of imidazole rings is 1. The van der Waals surface area contributed by atoms with Crippen molar-refractivity contribution in [3.63, 3.8) is 0 Å². The minimum atomic E-state index is -0.267. The highest BCUT2D eigenvalue weighted by atomic mass is 16.2. The van der Waals surface area contributed by atoms with E-state index < -0.39 is 0 Å². The summed E-state index contributed by atoms with van der Waals surface area (Å²) in [5.41, 5.74) is 3.17. The predicted molar refractivity (Wildman–Crippen MR) is 77.2 cm³/mol. The lowest BCUT2D eigenvalue weighted by Crippen LogP contribution is -2.31. The van der Waals surface area contributed by atoms with Crippen LogP contribution in [0, 0.1) is 20.8 Å². The molecule has 0 aliphatic rings. The fraction of sp³-hybridized carbons (Fsp3) is 0.400. The van der Waals surface area contributed by atoms with E-state index in [1.807, 2.05) is 50.7 Å². The van der Waals surface area contributed by atoms with Crippen LogP contribution in [0.1, 0.15) is 35.6 Å². The van der Waals surface area contributed by atoms with Gasteiger partial charge in [-0.05, 0) is 44.9 Å². The minimum Gasteiger partial charge on any atom is -0.350 e. The predicted octanol–water partition coefficient (Wildman–Crippen LogP) is 2.08. The second-order valence-electron chi connectivity index (χ2n) is 5.03. The Hall–Kier alpha value is -2.17. The van der Waals surface area contributed by atoms with Gasteiger partial charge in [0.25, 0.3) is 0 Å². The van der Waals surface area contributed by atoms with E-state index in [1.54, 1.807) is 6.20 Å². The molecule has 1 N–H and O–H groups in total. The second kappa shape index (κ2) is 5.86. The number of hydrogen-bond acceptors (Lipinski definition) is 3. The molecule has 0 unspecified atom stereocenters. The lowest BCUT2D eigenvalue weighted by atomic mass is 10.1. The van der Waals surface area contributed by atoms with Crippen molar-refractivity contribution in [2.75, 3.05) is 0 Å². The first-order valence-electron chi connectivity index (χ1n) is 6.68. The molecule has 5 heteroatoms. The molecule has 2 rings (SSSR count). The molecule has 2 aromatic rings. The third-order valence-corrected chi connectivity index (χ3v) is 3.47. The smallest absolute Gasteiger partial charge is 0.243 e. The number of nitrogens with zero attached hydrogens (tertiary/aromatic N) is 3. The Kier molecular flexibility index (Phi) is 4.17. The number of carbonyl (C=O) groups excluding carboxylic acids is 1. The molecule has 0 aliphatic heterocycles. The number of pyridine rings is 1. The molecule has 20 heavy (non-hydrogen) atoms. The SMILES string of the molecule is Cc1cc(C)c(CNC(=O)[C@H](C)n2ccnc2C)cn1. The van der Waals surface area contributed by atoms with Crippen molar-refractivity contribution in [1.29, 1.82) is 0 Å². The van der Waals surface area contributed by atoms with Crippen LogP contribution in [0.4, 0.5) is 0 Å². The molecule has 1 atom stereocenters. The minimum absolute atomic E-state index is 0.0222. The summed E-state index contributed by atoms with van der Waals surface area (Å²) in [5.74, 6) is 0.812. The highest BCUT2D eigenvalue weighted by Crippen LogP contribution is 2.10. The second-order valence-corrected chi connectivity index (χ2v) is 5.03. The average molecular weight is 272 g/mol. The van der Waals surface area contributed by atoms with Crippen molar-refractivity contribution in [3.8, 4) is 0 Å². The fourth-order valence-electron chi connectivity index (χ4n) is 2.16. The first-order chi connectivity index (χ1) is 9.49. The quantitative estimate of drug-likeness (QED) is 0.927. The molecule has 0 fully saturated rings. The van der Waals surface area contributed by atoms with Crippen LogP contribution in [0.15, 0.2) is 24.7 Å². The summed E-state index contributed by atoms with van der Waals surface area (Å²) in [6.07, 6.45) is 5.34. The van der Waals surface area contributed by atoms with Crippen molar-refractivity contribution < 1.29 is 4.79 Å². The molecule has 106 valence electrons. The summed E-state index contributed by atoms with van der Waals surface area (Å²) in [5, 5.41) is 2.95. The van der Waals surface area contributed by atoms with Gasteiger partial charge in [0.15, 0.2) is 0 Å². The molecule has 0 saturated carbocycles. The van der Waals surface area contributed by atoms with E-state index in [-0.39, 0.29) is 11.9 Å². The fourth-order valence-corrected chi connectivity index (χ4v) is 2.16. The van der Waals surface area contributed by atoms with Gasteiger partial charge >= 0.3 is 0 Å². The Bertz CT molecular complexity index is 618. The summed E-state index contributed by atoms with van der Waals surface area (Å²) < 4.78 is 1.86. The summed E-state index contributed by atoms with van der Waals surface area (Å²) >= 11 is 0. The molecular weight excluding hydrogens is 252 g/mol. The van der Waals surface area contributed by atoms with Crippen LogP contribution in [0.5, 0.6) is 0 Å². The van der Waals surface area contributed by atoms with Gasteiger partial charge in [0.05, 0.1) is 0 Å². The van der Waals surface area contributed by atoms with E-state index in [4.69, 9.17) is 0 Å². The maximum absolute atomic E-state index is 12.2. The first kappa shape index (κ1) is 14.2. The summed E-state index contributed by atoms with van der Waals surface area (Å²) in [6, 6.07) is 1.75. The Morgan fingerprint density at radius 2 is 2.10 bits per heavy atom. The van der Waals surface area contributed by atoms with Gasteiger partial charge in [0, 0.05) is 30.8 Å². The molecule has 0 bridgehead atoms. The van der Waals surface area contributed by atoms with Gasteiger partial charge < -0.3 is 9.88 Å². The molecule has 5 nitrogen and oxygen atoms in total. The lowest BCUT2D eigenvalue weighted by molar-refractivity contribution is -0.124. The standard InChI is InChI=1S/C15H20N4O/c1-10-7-11(2)17-8-14(10)9-18-15(20)12(3)19-6-5-16-13(19)4/h5-8,12H,9H2,1-4H3,(H,18,20)/t12-/m0/s1. The highest BCUT2D eigenvalue weighted by molar-refractivity contribution is 5.79. The zero-order valence-electron chi connectivity index (χ0n) is 12.3. The van der Waals surface area contributed by atoms with Gasteiger partial charge in [-0.15, -0.1) is 0 Å². The Morgan fingerprint density at radius 1 is 1.35 bits per heavy atom. The highest BCUT2D eigenvalue weighted by Gasteiger charge is 2.16. The number of carbonyl (C=O) groups is 1. The largest absolute Gasteiger partial charge is 0.350 e. The third kappa shape index (κ3) is 3.04. The summed E-state index contributed by atoms with van der Waals surface area (Å²) in [7, 11) is 0.